The number of methoxy groups -OCH3 is 1. The number of benzene rings is 2. The molecule has 0 saturated carbocycles. The molecule has 0 aliphatic heterocycles. The Hall–Kier alpha value is -2.01. The molecule has 0 fully saturated rings. The van der Waals surface area contributed by atoms with Crippen molar-refractivity contribution in [2.45, 2.75) is 20.8 Å². The van der Waals surface area contributed by atoms with Crippen LogP contribution in [0.5, 0.6) is 11.5 Å². The first-order valence-corrected chi connectivity index (χ1v) is 7.60. The highest BCUT2D eigenvalue weighted by molar-refractivity contribution is 9.10. The number of ether oxygens (including phenoxy) is 2. The zero-order chi connectivity index (χ0) is 16.3. The van der Waals surface area contributed by atoms with Crippen molar-refractivity contribution >= 4 is 27.7 Å². The molecule has 5 heteroatoms. The number of halogens is 1. The average Bonchev–Trinajstić information content (AvgIpc) is 2.44. The van der Waals surface area contributed by atoms with E-state index in [0.29, 0.717) is 17.2 Å². The van der Waals surface area contributed by atoms with Gasteiger partial charge in [-0.3, -0.25) is 5.32 Å². The SMILES string of the molecule is COc1ccc(C)cc1NC(=O)Oc1cc(C)c(Br)c(C)c1. The molecular weight excluding hydrogens is 346 g/mol. The molecule has 0 saturated heterocycles. The largest absolute Gasteiger partial charge is 0.495 e. The Morgan fingerprint density at radius 2 is 1.73 bits per heavy atom. The Balaban J connectivity index is 2.15. The fourth-order valence-electron chi connectivity index (χ4n) is 2.13. The zero-order valence-electron chi connectivity index (χ0n) is 13.0. The van der Waals surface area contributed by atoms with Crippen LogP contribution in [0, 0.1) is 20.8 Å². The third kappa shape index (κ3) is 3.80. The molecule has 0 unspecified atom stereocenters. The maximum Gasteiger partial charge on any atom is 0.417 e. The van der Waals surface area contributed by atoms with Gasteiger partial charge in [0.1, 0.15) is 11.5 Å². The number of hydrogen-bond donors (Lipinski definition) is 1. The molecule has 0 aromatic heterocycles. The van der Waals surface area contributed by atoms with Crippen molar-refractivity contribution < 1.29 is 14.3 Å². The van der Waals surface area contributed by atoms with Crippen LogP contribution in [0.15, 0.2) is 34.8 Å². The first-order valence-electron chi connectivity index (χ1n) is 6.81. The molecule has 1 amide bonds. The Bertz CT molecular complexity index is 690. The maximum atomic E-state index is 12.1. The second kappa shape index (κ2) is 6.83. The van der Waals surface area contributed by atoms with Crippen molar-refractivity contribution in [2.24, 2.45) is 0 Å². The van der Waals surface area contributed by atoms with Gasteiger partial charge in [-0.1, -0.05) is 22.0 Å². The number of anilines is 1. The summed E-state index contributed by atoms with van der Waals surface area (Å²) in [5, 5.41) is 2.71. The molecule has 0 atom stereocenters. The summed E-state index contributed by atoms with van der Waals surface area (Å²) in [6.07, 6.45) is -0.551. The standard InChI is InChI=1S/C17H18BrNO3/c1-10-5-6-15(21-4)14(7-10)19-17(20)22-13-8-11(2)16(18)12(3)9-13/h5-9H,1-4H3,(H,19,20). The van der Waals surface area contributed by atoms with E-state index in [1.165, 1.54) is 0 Å². The monoisotopic (exact) mass is 363 g/mol. The average molecular weight is 364 g/mol. The van der Waals surface area contributed by atoms with E-state index in [0.717, 1.165) is 21.2 Å². The molecule has 0 heterocycles. The van der Waals surface area contributed by atoms with Crippen molar-refractivity contribution in [1.82, 2.24) is 0 Å². The summed E-state index contributed by atoms with van der Waals surface area (Å²) >= 11 is 3.49. The molecular formula is C17H18BrNO3. The summed E-state index contributed by atoms with van der Waals surface area (Å²) in [5.74, 6) is 1.09. The molecule has 0 radical (unpaired) electrons. The number of nitrogens with one attached hydrogen (secondary N) is 1. The van der Waals surface area contributed by atoms with Gasteiger partial charge in [-0.2, -0.15) is 0 Å². The van der Waals surface area contributed by atoms with Gasteiger partial charge in [0.25, 0.3) is 0 Å². The summed E-state index contributed by atoms with van der Waals surface area (Å²) in [4.78, 5) is 12.1. The van der Waals surface area contributed by atoms with Crippen molar-refractivity contribution in [3.8, 4) is 11.5 Å². The summed E-state index contributed by atoms with van der Waals surface area (Å²) in [6, 6.07) is 9.17. The molecule has 2 rings (SSSR count). The van der Waals surface area contributed by atoms with Crippen LogP contribution in [-0.2, 0) is 0 Å². The highest BCUT2D eigenvalue weighted by atomic mass is 79.9. The second-order valence-electron chi connectivity index (χ2n) is 5.09. The van der Waals surface area contributed by atoms with Gasteiger partial charge in [0.15, 0.2) is 0 Å². The molecule has 22 heavy (non-hydrogen) atoms. The third-order valence-electron chi connectivity index (χ3n) is 3.21. The molecule has 0 aliphatic carbocycles. The quantitative estimate of drug-likeness (QED) is 0.834. The van der Waals surface area contributed by atoms with Gasteiger partial charge >= 0.3 is 6.09 Å². The predicted octanol–water partition coefficient (Wildman–Crippen LogP) is 4.99. The Kier molecular flexibility index (Phi) is 5.08. The smallest absolute Gasteiger partial charge is 0.417 e. The fourth-order valence-corrected chi connectivity index (χ4v) is 2.36. The zero-order valence-corrected chi connectivity index (χ0v) is 14.6. The number of aryl methyl sites for hydroxylation is 3. The van der Waals surface area contributed by atoms with Gasteiger partial charge in [0.2, 0.25) is 0 Å². The highest BCUT2D eigenvalue weighted by Gasteiger charge is 2.11. The van der Waals surface area contributed by atoms with E-state index in [1.54, 1.807) is 13.2 Å². The topological polar surface area (TPSA) is 47.6 Å². The van der Waals surface area contributed by atoms with Gasteiger partial charge in [-0.25, -0.2) is 4.79 Å². The fraction of sp³-hybridized carbons (Fsp3) is 0.235. The summed E-state index contributed by atoms with van der Waals surface area (Å²) in [5.41, 5.74) is 3.62. The van der Waals surface area contributed by atoms with Crippen LogP contribution >= 0.6 is 15.9 Å². The number of hydrogen-bond acceptors (Lipinski definition) is 3. The molecule has 0 aliphatic rings. The van der Waals surface area contributed by atoms with Crippen LogP contribution in [0.2, 0.25) is 0 Å². The van der Waals surface area contributed by atoms with Crippen molar-refractivity contribution in [3.63, 3.8) is 0 Å². The lowest BCUT2D eigenvalue weighted by atomic mass is 10.1. The van der Waals surface area contributed by atoms with Crippen LogP contribution in [0.1, 0.15) is 16.7 Å². The molecule has 4 nitrogen and oxygen atoms in total. The normalized spacial score (nSPS) is 10.2. The maximum absolute atomic E-state index is 12.1. The number of rotatable bonds is 3. The van der Waals surface area contributed by atoms with Crippen LogP contribution in [0.3, 0.4) is 0 Å². The Morgan fingerprint density at radius 3 is 2.32 bits per heavy atom. The lowest BCUT2D eigenvalue weighted by Crippen LogP contribution is -2.17. The van der Waals surface area contributed by atoms with Gasteiger partial charge < -0.3 is 9.47 Å². The lowest BCUT2D eigenvalue weighted by Gasteiger charge is -2.12. The van der Waals surface area contributed by atoms with E-state index in [4.69, 9.17) is 9.47 Å². The molecule has 0 bridgehead atoms. The third-order valence-corrected chi connectivity index (χ3v) is 4.46. The van der Waals surface area contributed by atoms with Gasteiger partial charge in [-0.15, -0.1) is 0 Å². The molecule has 0 spiro atoms. The Labute approximate surface area is 138 Å². The van der Waals surface area contributed by atoms with Gasteiger partial charge in [0.05, 0.1) is 12.8 Å². The van der Waals surface area contributed by atoms with E-state index in [2.05, 4.69) is 21.2 Å². The van der Waals surface area contributed by atoms with Crippen LogP contribution in [0.4, 0.5) is 10.5 Å². The molecule has 2 aromatic carbocycles. The molecule has 1 N–H and O–H groups in total. The highest BCUT2D eigenvalue weighted by Crippen LogP contribution is 2.28. The van der Waals surface area contributed by atoms with Crippen molar-refractivity contribution in [3.05, 3.63) is 51.5 Å². The molecule has 2 aromatic rings. The van der Waals surface area contributed by atoms with Crippen LogP contribution in [-0.4, -0.2) is 13.2 Å². The van der Waals surface area contributed by atoms with Crippen LogP contribution < -0.4 is 14.8 Å². The summed E-state index contributed by atoms with van der Waals surface area (Å²) in [7, 11) is 1.56. The number of carbonyl (C=O) groups is 1. The van der Waals surface area contributed by atoms with Crippen molar-refractivity contribution in [2.75, 3.05) is 12.4 Å². The first-order chi connectivity index (χ1) is 10.4. The van der Waals surface area contributed by atoms with E-state index in [9.17, 15) is 4.79 Å². The lowest BCUT2D eigenvalue weighted by molar-refractivity contribution is 0.215. The predicted molar refractivity (Wildman–Crippen MR) is 91.0 cm³/mol. The minimum absolute atomic E-state index is 0.502. The minimum Gasteiger partial charge on any atom is -0.495 e. The van der Waals surface area contributed by atoms with E-state index in [1.807, 2.05) is 45.0 Å². The summed E-state index contributed by atoms with van der Waals surface area (Å²) < 4.78 is 11.6. The van der Waals surface area contributed by atoms with E-state index >= 15 is 0 Å². The number of amides is 1. The van der Waals surface area contributed by atoms with Gasteiger partial charge in [0, 0.05) is 4.47 Å². The minimum atomic E-state index is -0.551. The summed E-state index contributed by atoms with van der Waals surface area (Å²) in [6.45, 7) is 5.84. The van der Waals surface area contributed by atoms with Crippen LogP contribution in [0.25, 0.3) is 0 Å². The first kappa shape index (κ1) is 16.4. The van der Waals surface area contributed by atoms with Gasteiger partial charge in [-0.05, 0) is 61.7 Å². The Morgan fingerprint density at radius 1 is 1.09 bits per heavy atom. The second-order valence-corrected chi connectivity index (χ2v) is 5.88. The van der Waals surface area contributed by atoms with Crippen molar-refractivity contribution in [1.29, 1.82) is 0 Å². The number of carbonyl (C=O) groups excluding carboxylic acids is 1. The van der Waals surface area contributed by atoms with E-state index < -0.39 is 6.09 Å². The van der Waals surface area contributed by atoms with E-state index in [-0.39, 0.29) is 0 Å². The molecule has 116 valence electrons.